The summed E-state index contributed by atoms with van der Waals surface area (Å²) >= 11 is 0. The molecule has 0 spiro atoms. The summed E-state index contributed by atoms with van der Waals surface area (Å²) < 4.78 is 48.8. The van der Waals surface area contributed by atoms with Gasteiger partial charge in [0.15, 0.2) is 0 Å². The Kier molecular flexibility index (Phi) is 14.9. The standard InChI is InChI=1S/2C13H12O3S.2C5H5.Zr/c2*1-10-6-8-11(9-7-10)17(15,16)13-5-3-2-4-12(13)14;2*1-2-4-5-3-1;/h2*2-9,14H,1H3;2*1-5H;/q;;2*-1;+2. The first-order chi connectivity index (χ1) is 21.0. The van der Waals surface area contributed by atoms with E-state index in [4.69, 9.17) is 0 Å². The van der Waals surface area contributed by atoms with Crippen molar-refractivity contribution in [1.82, 2.24) is 0 Å². The topological polar surface area (TPSA) is 109 Å². The molecule has 230 valence electrons. The van der Waals surface area contributed by atoms with Crippen molar-refractivity contribution in [3.63, 3.8) is 0 Å². The molecule has 2 N–H and O–H groups in total. The zero-order valence-electron chi connectivity index (χ0n) is 24.9. The second kappa shape index (κ2) is 18.1. The quantitative estimate of drug-likeness (QED) is 0.180. The van der Waals surface area contributed by atoms with Crippen molar-refractivity contribution in [3.8, 4) is 11.5 Å². The Balaban J connectivity index is 0.000000235. The number of aromatic hydroxyl groups is 2. The maximum atomic E-state index is 12.2. The van der Waals surface area contributed by atoms with Gasteiger partial charge in [-0.05, 0) is 62.4 Å². The molecule has 6 nitrogen and oxygen atoms in total. The van der Waals surface area contributed by atoms with Gasteiger partial charge in [-0.3, -0.25) is 0 Å². The molecule has 0 amide bonds. The van der Waals surface area contributed by atoms with Gasteiger partial charge >= 0.3 is 26.2 Å². The molecule has 0 radical (unpaired) electrons. The van der Waals surface area contributed by atoms with Crippen LogP contribution in [0.3, 0.4) is 0 Å². The van der Waals surface area contributed by atoms with Gasteiger partial charge in [-0.25, -0.2) is 41.1 Å². The molecule has 0 saturated heterocycles. The number of phenols is 2. The van der Waals surface area contributed by atoms with Gasteiger partial charge in [-0.1, -0.05) is 59.7 Å². The number of benzene rings is 4. The summed E-state index contributed by atoms with van der Waals surface area (Å²) in [7, 11) is -7.27. The maximum absolute atomic E-state index is 12.2. The Bertz CT molecular complexity index is 1720. The van der Waals surface area contributed by atoms with E-state index in [-0.39, 0.29) is 57.3 Å². The monoisotopic (exact) mass is 716 g/mol. The minimum Gasteiger partial charge on any atom is -0.507 e. The van der Waals surface area contributed by atoms with E-state index < -0.39 is 19.7 Å². The van der Waals surface area contributed by atoms with Gasteiger partial charge in [0.05, 0.1) is 9.79 Å². The minimum atomic E-state index is -3.64. The van der Waals surface area contributed by atoms with E-state index in [0.717, 1.165) is 11.1 Å². The van der Waals surface area contributed by atoms with Crippen LogP contribution < -0.4 is 0 Å². The summed E-state index contributed by atoms with van der Waals surface area (Å²) in [5, 5.41) is 19.2. The second-order valence-electron chi connectivity index (χ2n) is 9.49. The summed E-state index contributed by atoms with van der Waals surface area (Å²) in [4.78, 5) is 0.238. The van der Waals surface area contributed by atoms with Crippen LogP contribution in [-0.4, -0.2) is 27.0 Å². The van der Waals surface area contributed by atoms with E-state index in [2.05, 4.69) is 0 Å². The van der Waals surface area contributed by atoms with Crippen molar-refractivity contribution in [1.29, 1.82) is 0 Å². The molecule has 0 aliphatic rings. The van der Waals surface area contributed by atoms with Crippen molar-refractivity contribution < 1.29 is 53.3 Å². The van der Waals surface area contributed by atoms with Crippen LogP contribution in [-0.2, 0) is 45.9 Å². The van der Waals surface area contributed by atoms with Crippen LogP contribution in [0, 0.1) is 13.8 Å². The predicted molar refractivity (Wildman–Crippen MR) is 174 cm³/mol. The fourth-order valence-corrected chi connectivity index (χ4v) is 6.40. The Morgan fingerprint density at radius 3 is 0.978 bits per heavy atom. The van der Waals surface area contributed by atoms with Gasteiger partial charge in [0.25, 0.3) is 0 Å². The van der Waals surface area contributed by atoms with Crippen molar-refractivity contribution in [2.45, 2.75) is 33.4 Å². The Morgan fingerprint density at radius 1 is 0.444 bits per heavy atom. The van der Waals surface area contributed by atoms with Gasteiger partial charge in [0, 0.05) is 0 Å². The van der Waals surface area contributed by atoms with Crippen molar-refractivity contribution >= 4 is 19.7 Å². The molecule has 9 heteroatoms. The van der Waals surface area contributed by atoms with E-state index in [9.17, 15) is 27.0 Å². The first-order valence-electron chi connectivity index (χ1n) is 13.6. The normalized spacial score (nSPS) is 10.4. The van der Waals surface area contributed by atoms with Crippen LogP contribution >= 0.6 is 0 Å². The smallest absolute Gasteiger partial charge is 0.507 e. The van der Waals surface area contributed by atoms with E-state index >= 15 is 0 Å². The molecule has 0 bridgehead atoms. The molecule has 0 aromatic heterocycles. The van der Waals surface area contributed by atoms with Gasteiger partial charge in [0.1, 0.15) is 21.3 Å². The molecule has 0 saturated carbocycles. The summed E-state index contributed by atoms with van der Waals surface area (Å²) in [5.41, 5.74) is 1.97. The molecule has 0 fully saturated rings. The molecule has 45 heavy (non-hydrogen) atoms. The van der Waals surface area contributed by atoms with E-state index in [1.54, 1.807) is 48.5 Å². The second-order valence-corrected chi connectivity index (χ2v) is 13.3. The van der Waals surface area contributed by atoms with E-state index in [1.807, 2.05) is 74.5 Å². The molecule has 0 aliphatic carbocycles. The Hall–Kier alpha value is -4.04. The van der Waals surface area contributed by atoms with Crippen LogP contribution in [0.15, 0.2) is 177 Å². The van der Waals surface area contributed by atoms with Gasteiger partial charge < -0.3 is 10.2 Å². The molecule has 6 rings (SSSR count). The summed E-state index contributed by atoms with van der Waals surface area (Å²) in [6.45, 7) is 3.77. The molecular formula is C36H34O6S2Zr. The number of hydrogen-bond acceptors (Lipinski definition) is 6. The van der Waals surface area contributed by atoms with E-state index in [1.165, 1.54) is 48.5 Å². The number of hydrogen-bond donors (Lipinski definition) is 2. The van der Waals surface area contributed by atoms with E-state index in [0.29, 0.717) is 0 Å². The molecule has 6 aromatic rings. The van der Waals surface area contributed by atoms with Crippen LogP contribution in [0.2, 0.25) is 0 Å². The van der Waals surface area contributed by atoms with Gasteiger partial charge in [-0.2, -0.15) is 36.4 Å². The third-order valence-electron chi connectivity index (χ3n) is 6.08. The molecule has 0 heterocycles. The van der Waals surface area contributed by atoms with Crippen molar-refractivity contribution in [2.75, 3.05) is 0 Å². The van der Waals surface area contributed by atoms with Crippen LogP contribution in [0.25, 0.3) is 0 Å². The SMILES string of the molecule is Cc1ccc(S(=O)(=O)c2ccccc2O)cc1.Cc1ccc(S(=O)(=O)c2ccccc2O)cc1.[Zr+2].c1cc[cH-]c1.c1cc[cH-]c1. The average Bonchev–Trinajstić information content (AvgIpc) is 3.79. The average molecular weight is 718 g/mol. The molecular weight excluding hydrogens is 684 g/mol. The Labute approximate surface area is 285 Å². The number of aryl methyl sites for hydroxylation is 2. The fraction of sp³-hybridized carbons (Fsp3) is 0.0556. The number of sulfone groups is 2. The zero-order chi connectivity index (χ0) is 32.0. The van der Waals surface area contributed by atoms with Crippen LogP contribution in [0.5, 0.6) is 11.5 Å². The summed E-state index contributed by atoms with van der Waals surface area (Å²) in [6, 6.07) is 44.9. The minimum absolute atomic E-state index is 0. The Morgan fingerprint density at radius 2 is 0.733 bits per heavy atom. The van der Waals surface area contributed by atoms with Crippen LogP contribution in [0.4, 0.5) is 0 Å². The molecule has 0 atom stereocenters. The maximum Gasteiger partial charge on any atom is 2.00 e. The summed E-state index contributed by atoms with van der Waals surface area (Å²) in [5.74, 6) is -0.457. The largest absolute Gasteiger partial charge is 2.00 e. The van der Waals surface area contributed by atoms with Gasteiger partial charge in [-0.15, -0.1) is 0 Å². The summed E-state index contributed by atoms with van der Waals surface area (Å²) in [6.07, 6.45) is 0. The number of rotatable bonds is 4. The first kappa shape index (κ1) is 37.2. The number of para-hydroxylation sites is 2. The molecule has 6 aromatic carbocycles. The number of phenolic OH excluding ortho intramolecular Hbond substituents is 2. The van der Waals surface area contributed by atoms with Gasteiger partial charge in [0.2, 0.25) is 19.7 Å². The predicted octanol–water partition coefficient (Wildman–Crippen LogP) is 7.88. The first-order valence-corrected chi connectivity index (χ1v) is 16.5. The third-order valence-corrected chi connectivity index (χ3v) is 9.72. The third kappa shape index (κ3) is 11.1. The molecule has 0 aliphatic heterocycles. The fourth-order valence-electron chi connectivity index (χ4n) is 3.70. The van der Waals surface area contributed by atoms with Crippen LogP contribution in [0.1, 0.15) is 11.1 Å². The zero-order valence-corrected chi connectivity index (χ0v) is 28.9. The molecule has 0 unspecified atom stereocenters. The van der Waals surface area contributed by atoms with Crippen molar-refractivity contribution in [2.24, 2.45) is 0 Å². The van der Waals surface area contributed by atoms with Crippen molar-refractivity contribution in [3.05, 3.63) is 169 Å².